The molecule has 0 aromatic heterocycles. The first-order valence-electron chi connectivity index (χ1n) is 15.8. The zero-order chi connectivity index (χ0) is 36.9. The van der Waals surface area contributed by atoms with Crippen LogP contribution in [0.15, 0.2) is 54.0 Å². The fraction of sp³-hybridized carbons (Fsp3) is 0.343. The molecule has 4 atom stereocenters. The Bertz CT molecular complexity index is 1910. The van der Waals surface area contributed by atoms with Crippen molar-refractivity contribution in [2.24, 2.45) is 11.8 Å². The average molecular weight is 695 g/mol. The Morgan fingerprint density at radius 3 is 1.92 bits per heavy atom. The van der Waals surface area contributed by atoms with Crippen molar-refractivity contribution in [3.05, 3.63) is 59.3 Å². The maximum atomic E-state index is 14.8. The van der Waals surface area contributed by atoms with Crippen LogP contribution >= 0.6 is 0 Å². The van der Waals surface area contributed by atoms with Crippen LogP contribution in [0, 0.1) is 17.0 Å². The fourth-order valence-electron chi connectivity index (χ4n) is 6.12. The minimum absolute atomic E-state index is 0.000766. The second-order valence-electron chi connectivity index (χ2n) is 12.1. The number of allylic oxidation sites excluding steroid dienone is 1. The lowest BCUT2D eigenvalue weighted by Gasteiger charge is -2.56. The molecule has 0 spiro atoms. The number of phenolic OH excluding ortho intramolecular Hbond substituents is 3. The van der Waals surface area contributed by atoms with Gasteiger partial charge in [0.15, 0.2) is 34.4 Å². The molecule has 0 radical (unpaired) electrons. The third-order valence-corrected chi connectivity index (χ3v) is 8.93. The van der Waals surface area contributed by atoms with E-state index in [9.17, 15) is 40.0 Å². The lowest BCUT2D eigenvalue weighted by molar-refractivity contribution is -1.08. The summed E-state index contributed by atoms with van der Waals surface area (Å²) in [5, 5.41) is 59.8. The first-order chi connectivity index (χ1) is 23.6. The fourth-order valence-corrected chi connectivity index (χ4v) is 6.12. The van der Waals surface area contributed by atoms with Gasteiger partial charge in [-0.25, -0.2) is 0 Å². The minimum Gasteiger partial charge on any atom is -0.578 e. The summed E-state index contributed by atoms with van der Waals surface area (Å²) in [6.45, 7) is 8.95. The van der Waals surface area contributed by atoms with E-state index in [2.05, 4.69) is 0 Å². The summed E-state index contributed by atoms with van der Waals surface area (Å²) in [6.07, 6.45) is 0.650. The molecule has 1 amide bonds. The molecule has 15 heteroatoms. The molecule has 0 bridgehead atoms. The summed E-state index contributed by atoms with van der Waals surface area (Å²) in [5.41, 5.74) is -2.94. The zero-order valence-corrected chi connectivity index (χ0v) is 28.5. The Kier molecular flexibility index (Phi) is 9.36. The summed E-state index contributed by atoms with van der Waals surface area (Å²) >= 11 is 0. The summed E-state index contributed by atoms with van der Waals surface area (Å²) in [6, 6.07) is 9.19. The van der Waals surface area contributed by atoms with Gasteiger partial charge in [-0.1, -0.05) is 44.6 Å². The molecule has 2 aliphatic heterocycles. The van der Waals surface area contributed by atoms with Gasteiger partial charge < -0.3 is 39.8 Å². The van der Waals surface area contributed by atoms with E-state index in [-0.39, 0.29) is 51.6 Å². The average Bonchev–Trinajstić information content (AvgIpc) is 3.07. The van der Waals surface area contributed by atoms with Crippen LogP contribution in [0.4, 0.5) is 0 Å². The van der Waals surface area contributed by atoms with E-state index in [1.54, 1.807) is 27.7 Å². The molecule has 2 heterocycles. The highest BCUT2D eigenvalue weighted by molar-refractivity contribution is 5.96. The van der Waals surface area contributed by atoms with E-state index >= 15 is 0 Å². The molecule has 3 aromatic carbocycles. The van der Waals surface area contributed by atoms with Crippen molar-refractivity contribution in [3.8, 4) is 62.5 Å². The van der Waals surface area contributed by atoms with Crippen LogP contribution in [0.1, 0.15) is 54.4 Å². The van der Waals surface area contributed by atoms with E-state index in [1.807, 2.05) is 0 Å². The van der Waals surface area contributed by atoms with Gasteiger partial charge in [-0.15, -0.1) is 0 Å². The molecule has 2 aliphatic rings. The number of aromatic hydroxyl groups is 3. The molecular weight excluding hydrogens is 656 g/mol. The maximum absolute atomic E-state index is 14.8. The predicted molar refractivity (Wildman–Crippen MR) is 175 cm³/mol. The number of phenols is 3. The van der Waals surface area contributed by atoms with E-state index < -0.39 is 69.1 Å². The minimum atomic E-state index is -2.47. The SMILES string of the molecule is CCC(C)[C@]12Oc3cc(-c4c(O)c(O)c(-c5ccc(O)cc5)c(OC(C)=O)c4OC(C)=O)ccc3O[N@@+]1([O-])C(O)=C([C@@H](C)CC)N(OC)C2=O. The number of carbonyl (C=O) groups is 3. The molecule has 50 heavy (non-hydrogen) atoms. The van der Waals surface area contributed by atoms with Crippen LogP contribution in [0.2, 0.25) is 0 Å². The van der Waals surface area contributed by atoms with Crippen LogP contribution in [0.5, 0.6) is 40.2 Å². The lowest BCUT2D eigenvalue weighted by atomic mass is 9.89. The number of benzene rings is 3. The van der Waals surface area contributed by atoms with E-state index in [1.165, 1.54) is 49.6 Å². The van der Waals surface area contributed by atoms with Crippen molar-refractivity contribution in [2.45, 2.75) is 60.1 Å². The van der Waals surface area contributed by atoms with Gasteiger partial charge in [0.1, 0.15) is 5.75 Å². The van der Waals surface area contributed by atoms with Crippen molar-refractivity contribution >= 4 is 17.8 Å². The topological polar surface area (TPSA) is 205 Å². The number of amides is 1. The highest BCUT2D eigenvalue weighted by Crippen LogP contribution is 2.58. The molecule has 1 unspecified atom stereocenters. The summed E-state index contributed by atoms with van der Waals surface area (Å²) < 4.78 is 17.3. The van der Waals surface area contributed by atoms with Gasteiger partial charge in [0, 0.05) is 19.8 Å². The quantitative estimate of drug-likeness (QED) is 0.0677. The van der Waals surface area contributed by atoms with E-state index in [4.69, 9.17) is 23.9 Å². The Hall–Kier alpha value is -5.51. The highest BCUT2D eigenvalue weighted by Gasteiger charge is 2.72. The van der Waals surface area contributed by atoms with Crippen LogP contribution in [0.3, 0.4) is 0 Å². The number of esters is 2. The number of hydrogen-bond donors (Lipinski definition) is 4. The number of hydrogen-bond acceptors (Lipinski definition) is 13. The van der Waals surface area contributed by atoms with Gasteiger partial charge in [0.05, 0.1) is 24.2 Å². The Morgan fingerprint density at radius 1 is 0.880 bits per heavy atom. The van der Waals surface area contributed by atoms with Crippen LogP contribution in [-0.2, 0) is 19.2 Å². The number of carbonyl (C=O) groups excluding carboxylic acids is 3. The normalized spacial score (nSPS) is 21.0. The Balaban J connectivity index is 1.79. The van der Waals surface area contributed by atoms with Crippen molar-refractivity contribution in [1.29, 1.82) is 0 Å². The third-order valence-electron chi connectivity index (χ3n) is 8.93. The van der Waals surface area contributed by atoms with Crippen molar-refractivity contribution < 1.29 is 63.5 Å². The van der Waals surface area contributed by atoms with Crippen LogP contribution in [-0.4, -0.2) is 61.0 Å². The number of ether oxygens (including phenoxy) is 3. The molecule has 0 saturated heterocycles. The molecule has 0 saturated carbocycles. The highest BCUT2D eigenvalue weighted by atomic mass is 17.0. The smallest absolute Gasteiger partial charge is 0.374 e. The summed E-state index contributed by atoms with van der Waals surface area (Å²) in [7, 11) is 1.22. The Morgan fingerprint density at radius 2 is 1.42 bits per heavy atom. The predicted octanol–water partition coefficient (Wildman–Crippen LogP) is 5.91. The van der Waals surface area contributed by atoms with Crippen LogP contribution in [0.25, 0.3) is 22.3 Å². The number of aliphatic hydroxyl groups is 1. The van der Waals surface area contributed by atoms with Crippen LogP contribution < -0.4 is 19.0 Å². The van der Waals surface area contributed by atoms with Gasteiger partial charge in [-0.05, 0) is 54.3 Å². The van der Waals surface area contributed by atoms with E-state index in [0.29, 0.717) is 6.42 Å². The number of aliphatic hydroxyl groups excluding tert-OH is 1. The van der Waals surface area contributed by atoms with Gasteiger partial charge >= 0.3 is 29.5 Å². The molecule has 0 fully saturated rings. The lowest BCUT2D eigenvalue weighted by Crippen LogP contribution is -2.78. The first kappa shape index (κ1) is 35.8. The van der Waals surface area contributed by atoms with Crippen molar-refractivity contribution in [1.82, 2.24) is 5.06 Å². The number of rotatable bonds is 9. The molecule has 266 valence electrons. The molecule has 4 N–H and O–H groups in total. The van der Waals surface area contributed by atoms with Gasteiger partial charge in [-0.3, -0.25) is 24.1 Å². The monoisotopic (exact) mass is 694 g/mol. The Labute approximate surface area is 287 Å². The molecular formula is C35H38N2O13. The standard InChI is InChI=1S/C35H38N2O13/c1-8-17(3)28-33(43)37(45)35(18(4)9-2,34(44)36(28)46-7)49-25-16-22(12-15-24(25)50-37)27-30(42)29(41)26(21-10-13-23(40)14-11-21)31(47-19(5)38)32(27)48-20(6)39/h10-18,40-43H,8-9H2,1-7H3/t17-,18?,35+,37-/m0/s1. The summed E-state index contributed by atoms with van der Waals surface area (Å²) in [5.74, 6) is -7.90. The van der Waals surface area contributed by atoms with Gasteiger partial charge in [0.25, 0.3) is 0 Å². The molecule has 5 rings (SSSR count). The van der Waals surface area contributed by atoms with Crippen molar-refractivity contribution in [2.75, 3.05) is 7.11 Å². The van der Waals surface area contributed by atoms with Crippen molar-refractivity contribution in [3.63, 3.8) is 0 Å². The molecule has 3 aromatic rings. The number of fused-ring (bicyclic) bond motifs is 2. The largest absolute Gasteiger partial charge is 0.578 e. The zero-order valence-electron chi connectivity index (χ0n) is 28.5. The third kappa shape index (κ3) is 5.39. The number of nitrogens with zero attached hydrogens (tertiary/aromatic N) is 2. The molecule has 0 aliphatic carbocycles. The van der Waals surface area contributed by atoms with E-state index in [0.717, 1.165) is 18.9 Å². The number of quaternary nitrogens is 1. The maximum Gasteiger partial charge on any atom is 0.374 e. The second-order valence-corrected chi connectivity index (χ2v) is 12.1. The number of hydroxylamine groups is 6. The molecule has 15 nitrogen and oxygen atoms in total. The summed E-state index contributed by atoms with van der Waals surface area (Å²) in [4.78, 5) is 48.3. The first-order valence-corrected chi connectivity index (χ1v) is 15.8. The van der Waals surface area contributed by atoms with Gasteiger partial charge in [-0.2, -0.15) is 5.06 Å². The second kappa shape index (κ2) is 13.1. The van der Waals surface area contributed by atoms with Gasteiger partial charge in [0.2, 0.25) is 5.75 Å².